The highest BCUT2D eigenvalue weighted by molar-refractivity contribution is 5.79. The van der Waals surface area contributed by atoms with E-state index in [1.54, 1.807) is 0 Å². The van der Waals surface area contributed by atoms with Gasteiger partial charge in [0.2, 0.25) is 0 Å². The summed E-state index contributed by atoms with van der Waals surface area (Å²) in [6.45, 7) is 5.95. The standard InChI is InChI=1S/C16H19N3O/c1-3-17-11-5-7-13-15(9-11)20-16-10-12(18-4-2)6-8-14(16)19-13/h5-10,17-19H,3-4H2,1-2H3. The molecule has 1 aliphatic rings. The molecule has 0 aromatic heterocycles. The van der Waals surface area contributed by atoms with E-state index >= 15 is 0 Å². The Morgan fingerprint density at radius 2 is 1.35 bits per heavy atom. The normalized spacial score (nSPS) is 11.7. The fourth-order valence-electron chi connectivity index (χ4n) is 2.31. The van der Waals surface area contributed by atoms with Crippen molar-refractivity contribution in [3.8, 4) is 11.5 Å². The van der Waals surface area contributed by atoms with Crippen LogP contribution in [0.2, 0.25) is 0 Å². The first-order valence-electron chi connectivity index (χ1n) is 7.01. The van der Waals surface area contributed by atoms with Crippen LogP contribution in [0, 0.1) is 0 Å². The quantitative estimate of drug-likeness (QED) is 0.657. The molecule has 3 N–H and O–H groups in total. The largest absolute Gasteiger partial charge is 0.453 e. The Hall–Kier alpha value is -2.36. The van der Waals surface area contributed by atoms with E-state index in [2.05, 4.69) is 41.9 Å². The van der Waals surface area contributed by atoms with Crippen LogP contribution >= 0.6 is 0 Å². The van der Waals surface area contributed by atoms with Crippen molar-refractivity contribution in [2.24, 2.45) is 0 Å². The molecule has 0 saturated carbocycles. The molecule has 0 spiro atoms. The third-order valence-corrected chi connectivity index (χ3v) is 3.21. The Morgan fingerprint density at radius 3 is 1.80 bits per heavy atom. The molecule has 0 aliphatic carbocycles. The topological polar surface area (TPSA) is 45.3 Å². The lowest BCUT2D eigenvalue weighted by molar-refractivity contribution is 0.481. The smallest absolute Gasteiger partial charge is 0.153 e. The van der Waals surface area contributed by atoms with Gasteiger partial charge in [-0.1, -0.05) is 0 Å². The molecule has 0 fully saturated rings. The fourth-order valence-corrected chi connectivity index (χ4v) is 2.31. The van der Waals surface area contributed by atoms with Crippen LogP contribution in [0.15, 0.2) is 36.4 Å². The number of ether oxygens (including phenoxy) is 1. The molecule has 2 aromatic carbocycles. The Balaban J connectivity index is 1.90. The Bertz CT molecular complexity index is 572. The highest BCUT2D eigenvalue weighted by Crippen LogP contribution is 2.43. The van der Waals surface area contributed by atoms with E-state index in [-0.39, 0.29) is 0 Å². The number of nitrogens with one attached hydrogen (secondary N) is 3. The fraction of sp³-hybridized carbons (Fsp3) is 0.250. The second-order valence-electron chi connectivity index (χ2n) is 4.71. The van der Waals surface area contributed by atoms with Gasteiger partial charge in [0, 0.05) is 36.6 Å². The van der Waals surface area contributed by atoms with Gasteiger partial charge in [-0.3, -0.25) is 0 Å². The summed E-state index contributed by atoms with van der Waals surface area (Å²) >= 11 is 0. The van der Waals surface area contributed by atoms with Crippen LogP contribution in [0.4, 0.5) is 22.7 Å². The van der Waals surface area contributed by atoms with E-state index < -0.39 is 0 Å². The molecule has 104 valence electrons. The molecular formula is C16H19N3O. The van der Waals surface area contributed by atoms with Crippen molar-refractivity contribution in [2.75, 3.05) is 29.0 Å². The second-order valence-corrected chi connectivity index (χ2v) is 4.71. The molecule has 0 radical (unpaired) electrons. The summed E-state index contributed by atoms with van der Waals surface area (Å²) in [5.41, 5.74) is 4.13. The Kier molecular flexibility index (Phi) is 3.37. The van der Waals surface area contributed by atoms with Gasteiger partial charge >= 0.3 is 0 Å². The van der Waals surface area contributed by atoms with Crippen LogP contribution in [0.5, 0.6) is 11.5 Å². The molecule has 1 aliphatic heterocycles. The van der Waals surface area contributed by atoms with Gasteiger partial charge in [-0.05, 0) is 38.1 Å². The third kappa shape index (κ3) is 2.37. The summed E-state index contributed by atoms with van der Waals surface area (Å²) in [6.07, 6.45) is 0. The predicted molar refractivity (Wildman–Crippen MR) is 84.6 cm³/mol. The monoisotopic (exact) mass is 269 g/mol. The summed E-state index contributed by atoms with van der Waals surface area (Å²) in [5, 5.41) is 9.98. The minimum Gasteiger partial charge on any atom is -0.453 e. The highest BCUT2D eigenvalue weighted by atomic mass is 16.5. The maximum absolute atomic E-state index is 6.01. The zero-order chi connectivity index (χ0) is 13.9. The van der Waals surface area contributed by atoms with E-state index in [4.69, 9.17) is 4.74 Å². The molecule has 4 nitrogen and oxygen atoms in total. The van der Waals surface area contributed by atoms with Crippen LogP contribution in [-0.4, -0.2) is 13.1 Å². The van der Waals surface area contributed by atoms with Crippen molar-refractivity contribution in [3.63, 3.8) is 0 Å². The van der Waals surface area contributed by atoms with Crippen molar-refractivity contribution >= 4 is 22.7 Å². The summed E-state index contributed by atoms with van der Waals surface area (Å²) < 4.78 is 6.01. The van der Waals surface area contributed by atoms with Crippen LogP contribution in [-0.2, 0) is 0 Å². The van der Waals surface area contributed by atoms with Crippen LogP contribution < -0.4 is 20.7 Å². The van der Waals surface area contributed by atoms with Gasteiger partial charge in [-0.15, -0.1) is 0 Å². The zero-order valence-electron chi connectivity index (χ0n) is 11.8. The molecule has 2 aromatic rings. The van der Waals surface area contributed by atoms with Gasteiger partial charge < -0.3 is 20.7 Å². The molecule has 0 atom stereocenters. The molecular weight excluding hydrogens is 250 g/mol. The van der Waals surface area contributed by atoms with Gasteiger partial charge in [0.15, 0.2) is 11.5 Å². The first-order valence-corrected chi connectivity index (χ1v) is 7.01. The Morgan fingerprint density at radius 1 is 0.850 bits per heavy atom. The molecule has 20 heavy (non-hydrogen) atoms. The summed E-state index contributed by atoms with van der Waals surface area (Å²) in [4.78, 5) is 0. The molecule has 0 saturated heterocycles. The molecule has 0 bridgehead atoms. The van der Waals surface area contributed by atoms with Gasteiger partial charge in [0.05, 0.1) is 11.4 Å². The van der Waals surface area contributed by atoms with Gasteiger partial charge in [0.25, 0.3) is 0 Å². The van der Waals surface area contributed by atoms with Crippen molar-refractivity contribution in [1.29, 1.82) is 0 Å². The van der Waals surface area contributed by atoms with E-state index in [0.29, 0.717) is 0 Å². The molecule has 1 heterocycles. The number of rotatable bonds is 4. The van der Waals surface area contributed by atoms with Crippen molar-refractivity contribution in [1.82, 2.24) is 0 Å². The summed E-state index contributed by atoms with van der Waals surface area (Å²) in [6, 6.07) is 12.2. The summed E-state index contributed by atoms with van der Waals surface area (Å²) in [5.74, 6) is 1.70. The van der Waals surface area contributed by atoms with E-state index in [1.807, 2.05) is 24.3 Å². The zero-order valence-corrected chi connectivity index (χ0v) is 11.8. The van der Waals surface area contributed by atoms with E-state index in [0.717, 1.165) is 47.3 Å². The highest BCUT2D eigenvalue weighted by Gasteiger charge is 2.17. The van der Waals surface area contributed by atoms with Gasteiger partial charge in [-0.2, -0.15) is 0 Å². The van der Waals surface area contributed by atoms with E-state index in [1.165, 1.54) is 0 Å². The number of anilines is 4. The van der Waals surface area contributed by atoms with Gasteiger partial charge in [-0.25, -0.2) is 0 Å². The minimum absolute atomic E-state index is 0.851. The minimum atomic E-state index is 0.851. The van der Waals surface area contributed by atoms with Crippen molar-refractivity contribution < 1.29 is 4.74 Å². The number of hydrogen-bond donors (Lipinski definition) is 3. The van der Waals surface area contributed by atoms with Gasteiger partial charge in [0.1, 0.15) is 0 Å². The second kappa shape index (κ2) is 5.33. The first kappa shape index (κ1) is 12.7. The van der Waals surface area contributed by atoms with Crippen molar-refractivity contribution in [2.45, 2.75) is 13.8 Å². The molecule has 0 amide bonds. The average Bonchev–Trinajstić information content (AvgIpc) is 2.46. The SMILES string of the molecule is CCNc1ccc2c(c1)Oc1cc(NCC)ccc1N2. The molecule has 3 rings (SSSR count). The van der Waals surface area contributed by atoms with Crippen molar-refractivity contribution in [3.05, 3.63) is 36.4 Å². The Labute approximate surface area is 119 Å². The third-order valence-electron chi connectivity index (χ3n) is 3.21. The molecule has 4 heteroatoms. The number of hydrogen-bond acceptors (Lipinski definition) is 4. The van der Waals surface area contributed by atoms with Crippen LogP contribution in [0.3, 0.4) is 0 Å². The predicted octanol–water partition coefficient (Wildman–Crippen LogP) is 4.40. The first-order chi connectivity index (χ1) is 9.80. The lowest BCUT2D eigenvalue weighted by atomic mass is 10.2. The maximum Gasteiger partial charge on any atom is 0.153 e. The van der Waals surface area contributed by atoms with Crippen LogP contribution in [0.1, 0.15) is 13.8 Å². The average molecular weight is 269 g/mol. The van der Waals surface area contributed by atoms with Crippen LogP contribution in [0.25, 0.3) is 0 Å². The number of benzene rings is 2. The maximum atomic E-state index is 6.01. The van der Waals surface area contributed by atoms with E-state index in [9.17, 15) is 0 Å². The summed E-state index contributed by atoms with van der Waals surface area (Å²) in [7, 11) is 0. The lowest BCUT2D eigenvalue weighted by Crippen LogP contribution is -2.05. The lowest BCUT2D eigenvalue weighted by Gasteiger charge is -2.23. The molecule has 0 unspecified atom stereocenters. The number of fused-ring (bicyclic) bond motifs is 2.